The van der Waals surface area contributed by atoms with Gasteiger partial charge in [-0.15, -0.1) is 0 Å². The van der Waals surface area contributed by atoms with Crippen LogP contribution in [0.3, 0.4) is 0 Å². The molecular formula is C24H39FO. The molecule has 1 saturated carbocycles. The van der Waals surface area contributed by atoms with Crippen LogP contribution in [0, 0.1) is 17.8 Å². The van der Waals surface area contributed by atoms with Gasteiger partial charge < -0.3 is 5.11 Å². The number of phenolic OH excluding ortho intramolecular Hbond substituents is 1. The minimum atomic E-state index is -0.765. The Hall–Kier alpha value is -1.05. The van der Waals surface area contributed by atoms with Gasteiger partial charge in [-0.1, -0.05) is 77.3 Å². The molecule has 0 saturated heterocycles. The molecule has 1 aliphatic rings. The predicted octanol–water partition coefficient (Wildman–Crippen LogP) is 7.47. The van der Waals surface area contributed by atoms with Gasteiger partial charge in [0.1, 0.15) is 11.9 Å². The molecule has 2 atom stereocenters. The number of hydrogen-bond donors (Lipinski definition) is 1. The largest absolute Gasteiger partial charge is 0.508 e. The van der Waals surface area contributed by atoms with E-state index in [1.807, 2.05) is 12.1 Å². The highest BCUT2D eigenvalue weighted by Gasteiger charge is 2.29. The van der Waals surface area contributed by atoms with E-state index in [1.54, 1.807) is 12.1 Å². The maximum atomic E-state index is 14.8. The van der Waals surface area contributed by atoms with Crippen LogP contribution in [0.15, 0.2) is 24.3 Å². The lowest BCUT2D eigenvalue weighted by Gasteiger charge is -2.35. The predicted molar refractivity (Wildman–Crippen MR) is 109 cm³/mol. The average Bonchev–Trinajstić information content (AvgIpc) is 2.66. The SMILES string of the molecule is CCCCC1CCC(C(CCCC)CC(F)Cc2ccc(O)cc2)CC1. The van der Waals surface area contributed by atoms with Crippen LogP contribution >= 0.6 is 0 Å². The Morgan fingerprint density at radius 1 is 1.00 bits per heavy atom. The van der Waals surface area contributed by atoms with Gasteiger partial charge in [0, 0.05) is 6.42 Å². The average molecular weight is 363 g/mol. The van der Waals surface area contributed by atoms with Gasteiger partial charge in [-0.2, -0.15) is 0 Å². The maximum Gasteiger partial charge on any atom is 0.115 e. The van der Waals surface area contributed by atoms with Gasteiger partial charge in [0.05, 0.1) is 0 Å². The summed E-state index contributed by atoms with van der Waals surface area (Å²) in [6, 6.07) is 7.02. The van der Waals surface area contributed by atoms with Gasteiger partial charge in [-0.25, -0.2) is 4.39 Å². The first-order chi connectivity index (χ1) is 12.6. The van der Waals surface area contributed by atoms with E-state index < -0.39 is 6.17 Å². The summed E-state index contributed by atoms with van der Waals surface area (Å²) in [5.41, 5.74) is 0.993. The molecule has 0 spiro atoms. The first kappa shape index (κ1) is 21.3. The van der Waals surface area contributed by atoms with Crippen molar-refractivity contribution in [3.63, 3.8) is 0 Å². The first-order valence-corrected chi connectivity index (χ1v) is 11.0. The Morgan fingerprint density at radius 3 is 2.27 bits per heavy atom. The van der Waals surface area contributed by atoms with Crippen LogP contribution in [0.5, 0.6) is 5.75 Å². The quantitative estimate of drug-likeness (QED) is 0.433. The molecule has 0 radical (unpaired) electrons. The van der Waals surface area contributed by atoms with Gasteiger partial charge in [-0.05, 0) is 54.7 Å². The van der Waals surface area contributed by atoms with Crippen molar-refractivity contribution in [1.29, 1.82) is 0 Å². The highest BCUT2D eigenvalue weighted by Crippen LogP contribution is 2.39. The van der Waals surface area contributed by atoms with Crippen LogP contribution in [0.2, 0.25) is 0 Å². The van der Waals surface area contributed by atoms with Crippen molar-refractivity contribution in [3.05, 3.63) is 29.8 Å². The highest BCUT2D eigenvalue weighted by atomic mass is 19.1. The van der Waals surface area contributed by atoms with Crippen molar-refractivity contribution in [1.82, 2.24) is 0 Å². The van der Waals surface area contributed by atoms with Crippen molar-refractivity contribution in [3.8, 4) is 5.75 Å². The van der Waals surface area contributed by atoms with E-state index in [2.05, 4.69) is 13.8 Å². The zero-order valence-electron chi connectivity index (χ0n) is 16.9. The third kappa shape index (κ3) is 7.29. The van der Waals surface area contributed by atoms with Gasteiger partial charge in [0.25, 0.3) is 0 Å². The van der Waals surface area contributed by atoms with E-state index in [9.17, 15) is 9.50 Å². The minimum absolute atomic E-state index is 0.254. The summed E-state index contributed by atoms with van der Waals surface area (Å²) in [6.07, 6.45) is 13.5. The van der Waals surface area contributed by atoms with Crippen molar-refractivity contribution in [2.24, 2.45) is 17.8 Å². The standard InChI is InChI=1S/C24H39FO/c1-3-5-7-19-9-13-21(14-10-19)22(8-6-4-2)18-23(25)17-20-11-15-24(26)16-12-20/h11-12,15-16,19,21-23,26H,3-10,13-14,17-18H2,1-2H3. The Morgan fingerprint density at radius 2 is 1.65 bits per heavy atom. The molecule has 1 fully saturated rings. The van der Waals surface area contributed by atoms with E-state index in [-0.39, 0.29) is 5.75 Å². The summed E-state index contributed by atoms with van der Waals surface area (Å²) in [4.78, 5) is 0. The molecule has 0 aromatic heterocycles. The van der Waals surface area contributed by atoms with E-state index in [0.29, 0.717) is 18.8 Å². The van der Waals surface area contributed by atoms with Crippen molar-refractivity contribution in [2.75, 3.05) is 0 Å². The molecular weight excluding hydrogens is 323 g/mol. The number of aromatic hydroxyl groups is 1. The van der Waals surface area contributed by atoms with Crippen LogP contribution < -0.4 is 0 Å². The van der Waals surface area contributed by atoms with Gasteiger partial charge in [-0.3, -0.25) is 0 Å². The normalized spacial score (nSPS) is 22.9. The number of unbranched alkanes of at least 4 members (excludes halogenated alkanes) is 2. The van der Waals surface area contributed by atoms with Crippen molar-refractivity contribution in [2.45, 2.75) is 97.1 Å². The summed E-state index contributed by atoms with van der Waals surface area (Å²) >= 11 is 0. The summed E-state index contributed by atoms with van der Waals surface area (Å²) < 4.78 is 14.8. The van der Waals surface area contributed by atoms with Crippen LogP contribution in [-0.2, 0) is 6.42 Å². The van der Waals surface area contributed by atoms with Crippen LogP contribution in [0.4, 0.5) is 4.39 Å². The molecule has 1 aliphatic carbocycles. The number of rotatable bonds is 11. The number of halogens is 1. The van der Waals surface area contributed by atoms with E-state index >= 15 is 0 Å². The first-order valence-electron chi connectivity index (χ1n) is 11.0. The lowest BCUT2D eigenvalue weighted by atomic mass is 9.71. The van der Waals surface area contributed by atoms with Gasteiger partial charge >= 0.3 is 0 Å². The molecule has 0 bridgehead atoms. The molecule has 148 valence electrons. The third-order valence-electron chi connectivity index (χ3n) is 6.40. The maximum absolute atomic E-state index is 14.8. The number of benzene rings is 1. The number of phenols is 1. The molecule has 2 heteroatoms. The Kier molecular flexibility index (Phi) is 9.50. The van der Waals surface area contributed by atoms with E-state index in [4.69, 9.17) is 0 Å². The summed E-state index contributed by atoms with van der Waals surface area (Å²) in [5.74, 6) is 2.47. The molecule has 0 aliphatic heterocycles. The van der Waals surface area contributed by atoms with E-state index in [0.717, 1.165) is 17.4 Å². The summed E-state index contributed by atoms with van der Waals surface area (Å²) in [7, 11) is 0. The topological polar surface area (TPSA) is 20.2 Å². The molecule has 2 unspecified atom stereocenters. The summed E-state index contributed by atoms with van der Waals surface area (Å²) in [6.45, 7) is 4.52. The lowest BCUT2D eigenvalue weighted by molar-refractivity contribution is 0.147. The molecule has 1 N–H and O–H groups in total. The second-order valence-corrected chi connectivity index (χ2v) is 8.53. The zero-order valence-corrected chi connectivity index (χ0v) is 16.9. The second-order valence-electron chi connectivity index (χ2n) is 8.53. The molecule has 2 rings (SSSR count). The Bertz CT molecular complexity index is 475. The van der Waals surface area contributed by atoms with Crippen LogP contribution in [0.1, 0.15) is 90.0 Å². The smallest absolute Gasteiger partial charge is 0.115 e. The Labute approximate surface area is 160 Å². The van der Waals surface area contributed by atoms with Crippen molar-refractivity contribution < 1.29 is 9.50 Å². The van der Waals surface area contributed by atoms with Crippen LogP contribution in [-0.4, -0.2) is 11.3 Å². The third-order valence-corrected chi connectivity index (χ3v) is 6.40. The lowest BCUT2D eigenvalue weighted by Crippen LogP contribution is -2.25. The number of alkyl halides is 1. The number of hydrogen-bond acceptors (Lipinski definition) is 1. The molecule has 0 amide bonds. The molecule has 1 aromatic rings. The van der Waals surface area contributed by atoms with Crippen molar-refractivity contribution >= 4 is 0 Å². The molecule has 0 heterocycles. The zero-order chi connectivity index (χ0) is 18.8. The molecule has 1 nitrogen and oxygen atoms in total. The fourth-order valence-corrected chi connectivity index (χ4v) is 4.75. The van der Waals surface area contributed by atoms with E-state index in [1.165, 1.54) is 64.2 Å². The fraction of sp³-hybridized carbons (Fsp3) is 0.750. The molecule has 1 aromatic carbocycles. The second kappa shape index (κ2) is 11.6. The van der Waals surface area contributed by atoms with Crippen LogP contribution in [0.25, 0.3) is 0 Å². The monoisotopic (exact) mass is 362 g/mol. The van der Waals surface area contributed by atoms with Gasteiger partial charge in [0.2, 0.25) is 0 Å². The molecule has 26 heavy (non-hydrogen) atoms. The fourth-order valence-electron chi connectivity index (χ4n) is 4.75. The highest BCUT2D eigenvalue weighted by molar-refractivity contribution is 5.26. The Balaban J connectivity index is 1.85. The minimum Gasteiger partial charge on any atom is -0.508 e. The van der Waals surface area contributed by atoms with Gasteiger partial charge in [0.15, 0.2) is 0 Å². The summed E-state index contributed by atoms with van der Waals surface area (Å²) in [5, 5.41) is 9.39.